The van der Waals surface area contributed by atoms with Crippen LogP contribution in [-0.4, -0.2) is 12.0 Å². The average Bonchev–Trinajstić information content (AvgIpc) is 2.13. The summed E-state index contributed by atoms with van der Waals surface area (Å²) in [5.41, 5.74) is -0.523. The van der Waals surface area contributed by atoms with Crippen LogP contribution >= 0.6 is 0 Å². The molecule has 0 unspecified atom stereocenters. The molecular weight excluding hydrogens is 231 g/mol. The summed E-state index contributed by atoms with van der Waals surface area (Å²) >= 11 is 0. The van der Waals surface area contributed by atoms with Crippen molar-refractivity contribution in [1.82, 2.24) is 0 Å². The Hall–Kier alpha value is -1.46. The molecule has 1 rings (SSSR count). The maximum absolute atomic E-state index is 13.0. The van der Waals surface area contributed by atoms with Gasteiger partial charge in [-0.05, 0) is 12.1 Å². The van der Waals surface area contributed by atoms with Crippen molar-refractivity contribution < 1.29 is 26.7 Å². The second kappa shape index (κ2) is 4.59. The number of alkyl halides is 3. The van der Waals surface area contributed by atoms with Gasteiger partial charge < -0.3 is 0 Å². The lowest BCUT2D eigenvalue weighted by Crippen LogP contribution is -2.11. The molecule has 0 aliphatic rings. The van der Waals surface area contributed by atoms with Gasteiger partial charge in [0.15, 0.2) is 5.78 Å². The third-order valence-electron chi connectivity index (χ3n) is 1.87. The van der Waals surface area contributed by atoms with E-state index in [1.807, 2.05) is 0 Å². The SMILES string of the molecule is O=C(CCC(F)(F)F)c1ccc(F)cc1F. The van der Waals surface area contributed by atoms with E-state index >= 15 is 0 Å². The Morgan fingerprint density at radius 3 is 2.31 bits per heavy atom. The molecule has 0 amide bonds. The van der Waals surface area contributed by atoms with Gasteiger partial charge in [-0.25, -0.2) is 8.78 Å². The zero-order valence-corrected chi connectivity index (χ0v) is 7.94. The van der Waals surface area contributed by atoms with Crippen LogP contribution in [0.1, 0.15) is 23.2 Å². The predicted molar refractivity (Wildman–Crippen MR) is 46.0 cm³/mol. The lowest BCUT2D eigenvalue weighted by molar-refractivity contribution is -0.133. The van der Waals surface area contributed by atoms with E-state index in [4.69, 9.17) is 0 Å². The molecule has 0 atom stereocenters. The van der Waals surface area contributed by atoms with Crippen LogP contribution in [0.3, 0.4) is 0 Å². The molecule has 6 heteroatoms. The van der Waals surface area contributed by atoms with Gasteiger partial charge in [0.05, 0.1) is 12.0 Å². The second-order valence-electron chi connectivity index (χ2n) is 3.16. The summed E-state index contributed by atoms with van der Waals surface area (Å²) in [6.45, 7) is 0. The van der Waals surface area contributed by atoms with Crippen LogP contribution in [0.2, 0.25) is 0 Å². The third-order valence-corrected chi connectivity index (χ3v) is 1.87. The number of Topliss-reactive ketones (excluding diaryl/α,β-unsaturated/α-hetero) is 1. The molecule has 0 saturated carbocycles. The highest BCUT2D eigenvalue weighted by Gasteiger charge is 2.28. The molecule has 0 heterocycles. The normalized spacial score (nSPS) is 11.6. The monoisotopic (exact) mass is 238 g/mol. The maximum atomic E-state index is 13.0. The molecule has 0 fully saturated rings. The number of halogens is 5. The van der Waals surface area contributed by atoms with Crippen molar-refractivity contribution in [2.75, 3.05) is 0 Å². The molecule has 0 aliphatic heterocycles. The summed E-state index contributed by atoms with van der Waals surface area (Å²) in [5.74, 6) is -3.02. The van der Waals surface area contributed by atoms with Crippen LogP contribution in [-0.2, 0) is 0 Å². The van der Waals surface area contributed by atoms with Gasteiger partial charge in [-0.3, -0.25) is 4.79 Å². The highest BCUT2D eigenvalue weighted by atomic mass is 19.4. The number of ketones is 1. The van der Waals surface area contributed by atoms with Crippen LogP contribution < -0.4 is 0 Å². The molecule has 0 saturated heterocycles. The summed E-state index contributed by atoms with van der Waals surface area (Å²) in [6, 6.07) is 2.12. The Balaban J connectivity index is 2.74. The van der Waals surface area contributed by atoms with E-state index in [1.54, 1.807) is 0 Å². The molecule has 1 aromatic carbocycles. The van der Waals surface area contributed by atoms with Gasteiger partial charge in [0.25, 0.3) is 0 Å². The molecule has 0 aromatic heterocycles. The maximum Gasteiger partial charge on any atom is 0.389 e. The van der Waals surface area contributed by atoms with Gasteiger partial charge in [-0.2, -0.15) is 13.2 Å². The largest absolute Gasteiger partial charge is 0.389 e. The number of carbonyl (C=O) groups is 1. The molecule has 16 heavy (non-hydrogen) atoms. The van der Waals surface area contributed by atoms with Crippen molar-refractivity contribution in [1.29, 1.82) is 0 Å². The molecule has 0 radical (unpaired) electrons. The van der Waals surface area contributed by atoms with E-state index in [9.17, 15) is 26.7 Å². The lowest BCUT2D eigenvalue weighted by Gasteiger charge is -2.05. The van der Waals surface area contributed by atoms with Gasteiger partial charge in [0.1, 0.15) is 11.6 Å². The molecule has 0 bridgehead atoms. The minimum atomic E-state index is -4.47. The molecule has 0 spiro atoms. The highest BCUT2D eigenvalue weighted by molar-refractivity contribution is 5.96. The summed E-state index contributed by atoms with van der Waals surface area (Å²) < 4.78 is 60.8. The molecule has 1 nitrogen and oxygen atoms in total. The topological polar surface area (TPSA) is 17.1 Å². The molecular formula is C10H7F5O. The number of carbonyl (C=O) groups excluding carboxylic acids is 1. The average molecular weight is 238 g/mol. The zero-order valence-electron chi connectivity index (χ0n) is 7.94. The summed E-state index contributed by atoms with van der Waals surface area (Å²) in [6.07, 6.45) is -6.62. The van der Waals surface area contributed by atoms with Gasteiger partial charge in [0, 0.05) is 12.5 Å². The Morgan fingerprint density at radius 2 is 1.81 bits per heavy atom. The van der Waals surface area contributed by atoms with Crippen molar-refractivity contribution in [3.8, 4) is 0 Å². The minimum absolute atomic E-state index is 0.459. The molecule has 0 N–H and O–H groups in total. The molecule has 1 aromatic rings. The van der Waals surface area contributed by atoms with Crippen molar-refractivity contribution >= 4 is 5.78 Å². The van der Waals surface area contributed by atoms with Gasteiger partial charge in [0.2, 0.25) is 0 Å². The Labute approximate surface area is 87.9 Å². The first-order valence-corrected chi connectivity index (χ1v) is 4.34. The second-order valence-corrected chi connectivity index (χ2v) is 3.16. The number of hydrogen-bond donors (Lipinski definition) is 0. The number of hydrogen-bond acceptors (Lipinski definition) is 1. The number of benzene rings is 1. The zero-order chi connectivity index (χ0) is 12.3. The summed E-state index contributed by atoms with van der Waals surface area (Å²) in [5, 5.41) is 0. The van der Waals surface area contributed by atoms with E-state index in [-0.39, 0.29) is 0 Å². The van der Waals surface area contributed by atoms with Crippen molar-refractivity contribution in [3.05, 3.63) is 35.4 Å². The van der Waals surface area contributed by atoms with Crippen LogP contribution in [0.25, 0.3) is 0 Å². The molecule has 88 valence electrons. The smallest absolute Gasteiger partial charge is 0.294 e. The third kappa shape index (κ3) is 3.60. The summed E-state index contributed by atoms with van der Waals surface area (Å²) in [7, 11) is 0. The van der Waals surface area contributed by atoms with E-state index in [1.165, 1.54) is 0 Å². The predicted octanol–water partition coefficient (Wildman–Crippen LogP) is 3.49. The quantitative estimate of drug-likeness (QED) is 0.582. The van der Waals surface area contributed by atoms with Gasteiger partial charge in [-0.15, -0.1) is 0 Å². The minimum Gasteiger partial charge on any atom is -0.294 e. The van der Waals surface area contributed by atoms with Crippen LogP contribution in [0, 0.1) is 11.6 Å². The number of rotatable bonds is 3. The fourth-order valence-corrected chi connectivity index (χ4v) is 1.11. The van der Waals surface area contributed by atoms with Gasteiger partial charge in [-0.1, -0.05) is 0 Å². The first-order valence-electron chi connectivity index (χ1n) is 4.34. The van der Waals surface area contributed by atoms with E-state index in [0.717, 1.165) is 12.1 Å². The summed E-state index contributed by atoms with van der Waals surface area (Å²) in [4.78, 5) is 11.2. The van der Waals surface area contributed by atoms with Crippen LogP contribution in [0.15, 0.2) is 18.2 Å². The van der Waals surface area contributed by atoms with E-state index < -0.39 is 42.0 Å². The van der Waals surface area contributed by atoms with Crippen LogP contribution in [0.5, 0.6) is 0 Å². The van der Waals surface area contributed by atoms with Crippen molar-refractivity contribution in [3.63, 3.8) is 0 Å². The van der Waals surface area contributed by atoms with Gasteiger partial charge >= 0.3 is 6.18 Å². The Bertz CT molecular complexity index is 397. The van der Waals surface area contributed by atoms with E-state index in [0.29, 0.717) is 6.07 Å². The fraction of sp³-hybridized carbons (Fsp3) is 0.300. The first-order chi connectivity index (χ1) is 7.29. The Kier molecular flexibility index (Phi) is 3.62. The van der Waals surface area contributed by atoms with Crippen molar-refractivity contribution in [2.24, 2.45) is 0 Å². The first kappa shape index (κ1) is 12.6. The standard InChI is InChI=1S/C10H7F5O/c11-6-1-2-7(8(12)5-6)9(16)3-4-10(13,14)15/h1-2,5H,3-4H2. The fourth-order valence-electron chi connectivity index (χ4n) is 1.11. The lowest BCUT2D eigenvalue weighted by atomic mass is 10.1. The highest BCUT2D eigenvalue weighted by Crippen LogP contribution is 2.23. The molecule has 0 aliphatic carbocycles. The van der Waals surface area contributed by atoms with E-state index in [2.05, 4.69) is 0 Å². The Morgan fingerprint density at radius 1 is 1.19 bits per heavy atom. The van der Waals surface area contributed by atoms with Crippen molar-refractivity contribution in [2.45, 2.75) is 19.0 Å². The van der Waals surface area contributed by atoms with Crippen LogP contribution in [0.4, 0.5) is 22.0 Å².